The van der Waals surface area contributed by atoms with Crippen molar-refractivity contribution in [3.63, 3.8) is 0 Å². The highest BCUT2D eigenvalue weighted by Crippen LogP contribution is 2.39. The van der Waals surface area contributed by atoms with Gasteiger partial charge >= 0.3 is 0 Å². The molecule has 0 unspecified atom stereocenters. The molecule has 190 valence electrons. The van der Waals surface area contributed by atoms with Gasteiger partial charge in [-0.1, -0.05) is 36.4 Å². The van der Waals surface area contributed by atoms with E-state index >= 15 is 0 Å². The largest absolute Gasteiger partial charge is 0.379 e. The summed E-state index contributed by atoms with van der Waals surface area (Å²) < 4.78 is 5.36. The quantitative estimate of drug-likeness (QED) is 0.554. The first kappa shape index (κ1) is 24.5. The zero-order chi connectivity index (χ0) is 24.9. The van der Waals surface area contributed by atoms with Crippen molar-refractivity contribution in [3.05, 3.63) is 65.4 Å². The van der Waals surface area contributed by atoms with Crippen LogP contribution in [0.4, 0.5) is 5.82 Å². The van der Waals surface area contributed by atoms with Crippen LogP contribution in [0.25, 0.3) is 5.57 Å². The Hall–Kier alpha value is -3.23. The predicted octanol–water partition coefficient (Wildman–Crippen LogP) is 3.53. The Morgan fingerprint density at radius 2 is 1.97 bits per heavy atom. The maximum Gasteiger partial charge on any atom is 0.246 e. The maximum absolute atomic E-state index is 12.7. The van der Waals surface area contributed by atoms with Crippen molar-refractivity contribution < 1.29 is 14.3 Å². The van der Waals surface area contributed by atoms with Crippen molar-refractivity contribution in [1.29, 1.82) is 0 Å². The number of morpholine rings is 1. The summed E-state index contributed by atoms with van der Waals surface area (Å²) in [6.45, 7) is 7.39. The van der Waals surface area contributed by atoms with Crippen LogP contribution in [0.15, 0.2) is 48.6 Å². The first-order chi connectivity index (χ1) is 17.6. The van der Waals surface area contributed by atoms with Gasteiger partial charge in [-0.05, 0) is 42.9 Å². The lowest BCUT2D eigenvalue weighted by molar-refractivity contribution is -0.125. The summed E-state index contributed by atoms with van der Waals surface area (Å²) in [4.78, 5) is 29.5. The molecule has 2 aliphatic heterocycles. The van der Waals surface area contributed by atoms with E-state index in [2.05, 4.69) is 38.6 Å². The number of carbonyl (C=O) groups is 2. The Labute approximate surface area is 212 Å². The van der Waals surface area contributed by atoms with Gasteiger partial charge in [0.25, 0.3) is 0 Å². The molecular weight excluding hydrogens is 454 g/mol. The number of anilines is 1. The molecule has 3 aliphatic rings. The van der Waals surface area contributed by atoms with E-state index < -0.39 is 0 Å². The molecule has 8 nitrogen and oxygen atoms in total. The standard InChI is InChI=1S/C28H35N5O3/c1-20(28(35)29-26-19-25(30-31-26)24-8-9-24)21-4-6-22(7-5-21)23-10-13-33(14-11-23)27(34)3-2-12-32-15-17-36-18-16-32/h2-7,10,19-20,24H,8-9,11-18H2,1H3,(H2,29,30,31,35)/b3-2+/t20-/m0/s1. The molecule has 1 aromatic heterocycles. The number of nitrogens with one attached hydrogen (secondary N) is 2. The predicted molar refractivity (Wildman–Crippen MR) is 140 cm³/mol. The highest BCUT2D eigenvalue weighted by molar-refractivity contribution is 5.95. The zero-order valence-electron chi connectivity index (χ0n) is 20.9. The number of ether oxygens (including phenoxy) is 1. The number of benzene rings is 1. The molecule has 2 fully saturated rings. The molecule has 3 heterocycles. The van der Waals surface area contributed by atoms with E-state index in [0.717, 1.165) is 56.1 Å². The molecule has 0 radical (unpaired) electrons. The number of aromatic amines is 1. The SMILES string of the molecule is C[C@H](C(=O)Nc1cc(C2CC2)[nH]n1)c1ccc(C2=CCN(C(=O)/C=C/CN3CCOCC3)CC2)cc1. The fourth-order valence-corrected chi connectivity index (χ4v) is 4.70. The summed E-state index contributed by atoms with van der Waals surface area (Å²) in [7, 11) is 0. The number of rotatable bonds is 8. The van der Waals surface area contributed by atoms with Gasteiger partial charge in [0.15, 0.2) is 5.82 Å². The topological polar surface area (TPSA) is 90.6 Å². The van der Waals surface area contributed by atoms with E-state index in [9.17, 15) is 9.59 Å². The summed E-state index contributed by atoms with van der Waals surface area (Å²) in [6, 6.07) is 10.1. The van der Waals surface area contributed by atoms with Crippen molar-refractivity contribution in [1.82, 2.24) is 20.0 Å². The van der Waals surface area contributed by atoms with Crippen LogP contribution in [0.5, 0.6) is 0 Å². The third kappa shape index (κ3) is 6.12. The maximum atomic E-state index is 12.7. The summed E-state index contributed by atoms with van der Waals surface area (Å²) in [5, 5.41) is 10.2. The third-order valence-corrected chi connectivity index (χ3v) is 7.29. The van der Waals surface area contributed by atoms with Gasteiger partial charge in [-0.15, -0.1) is 0 Å². The molecule has 1 aliphatic carbocycles. The summed E-state index contributed by atoms with van der Waals surface area (Å²) in [6.07, 6.45) is 9.00. The second kappa shape index (κ2) is 11.2. The van der Waals surface area contributed by atoms with Crippen LogP contribution in [0.1, 0.15) is 54.8 Å². The highest BCUT2D eigenvalue weighted by Gasteiger charge is 2.26. The molecule has 8 heteroatoms. The highest BCUT2D eigenvalue weighted by atomic mass is 16.5. The van der Waals surface area contributed by atoms with Crippen molar-refractivity contribution in [2.45, 2.75) is 38.0 Å². The fourth-order valence-electron chi connectivity index (χ4n) is 4.70. The first-order valence-electron chi connectivity index (χ1n) is 13.0. The number of hydrogen-bond acceptors (Lipinski definition) is 5. The van der Waals surface area contributed by atoms with E-state index in [1.54, 1.807) is 6.08 Å². The van der Waals surface area contributed by atoms with Gasteiger partial charge in [0.05, 0.1) is 19.1 Å². The lowest BCUT2D eigenvalue weighted by Crippen LogP contribution is -2.36. The Morgan fingerprint density at radius 1 is 1.19 bits per heavy atom. The Bertz CT molecular complexity index is 1130. The first-order valence-corrected chi connectivity index (χ1v) is 13.0. The molecule has 2 N–H and O–H groups in total. The van der Waals surface area contributed by atoms with E-state index in [-0.39, 0.29) is 17.7 Å². The molecule has 2 aromatic rings. The van der Waals surface area contributed by atoms with E-state index in [1.165, 1.54) is 18.4 Å². The van der Waals surface area contributed by atoms with Gasteiger partial charge in [0.1, 0.15) is 0 Å². The molecule has 2 amide bonds. The summed E-state index contributed by atoms with van der Waals surface area (Å²) in [5.41, 5.74) is 4.45. The minimum atomic E-state index is -0.280. The Balaban J connectivity index is 1.11. The fraction of sp³-hybridized carbons (Fsp3) is 0.464. The van der Waals surface area contributed by atoms with Gasteiger partial charge in [-0.25, -0.2) is 0 Å². The molecule has 0 bridgehead atoms. The smallest absolute Gasteiger partial charge is 0.246 e. The van der Waals surface area contributed by atoms with Crippen LogP contribution in [-0.2, 0) is 14.3 Å². The molecule has 36 heavy (non-hydrogen) atoms. The van der Waals surface area contributed by atoms with Crippen molar-refractivity contribution >= 4 is 23.2 Å². The average molecular weight is 490 g/mol. The number of amides is 2. The van der Waals surface area contributed by atoms with Crippen LogP contribution in [0.3, 0.4) is 0 Å². The molecule has 1 aromatic carbocycles. The second-order valence-corrected chi connectivity index (χ2v) is 9.89. The lowest BCUT2D eigenvalue weighted by Gasteiger charge is -2.26. The molecule has 1 saturated carbocycles. The third-order valence-electron chi connectivity index (χ3n) is 7.29. The molecule has 1 atom stereocenters. The van der Waals surface area contributed by atoms with Crippen LogP contribution >= 0.6 is 0 Å². The monoisotopic (exact) mass is 489 g/mol. The summed E-state index contributed by atoms with van der Waals surface area (Å²) >= 11 is 0. The van der Waals surface area contributed by atoms with Crippen molar-refractivity contribution in [2.75, 3.05) is 51.3 Å². The van der Waals surface area contributed by atoms with Crippen LogP contribution in [0.2, 0.25) is 0 Å². The van der Waals surface area contributed by atoms with Crippen LogP contribution in [0, 0.1) is 0 Å². The number of nitrogens with zero attached hydrogens (tertiary/aromatic N) is 3. The number of hydrogen-bond donors (Lipinski definition) is 2. The molecule has 5 rings (SSSR count). The van der Waals surface area contributed by atoms with Crippen LogP contribution in [-0.4, -0.2) is 77.7 Å². The lowest BCUT2D eigenvalue weighted by atomic mass is 9.94. The zero-order valence-corrected chi connectivity index (χ0v) is 20.9. The molecule has 0 spiro atoms. The van der Waals surface area contributed by atoms with Gasteiger partial charge < -0.3 is 15.0 Å². The minimum absolute atomic E-state index is 0.0647. The van der Waals surface area contributed by atoms with Crippen LogP contribution < -0.4 is 5.32 Å². The number of aromatic nitrogens is 2. The van der Waals surface area contributed by atoms with Gasteiger partial charge in [0.2, 0.25) is 11.8 Å². The van der Waals surface area contributed by atoms with Crippen molar-refractivity contribution in [2.24, 2.45) is 0 Å². The van der Waals surface area contributed by atoms with Crippen molar-refractivity contribution in [3.8, 4) is 0 Å². The van der Waals surface area contributed by atoms with E-state index in [0.29, 0.717) is 24.8 Å². The Kier molecular flexibility index (Phi) is 7.63. The average Bonchev–Trinajstić information content (AvgIpc) is 3.67. The van der Waals surface area contributed by atoms with E-state index in [1.807, 2.05) is 36.1 Å². The van der Waals surface area contributed by atoms with Gasteiger partial charge in [0, 0.05) is 56.5 Å². The second-order valence-electron chi connectivity index (χ2n) is 9.89. The Morgan fingerprint density at radius 3 is 2.67 bits per heavy atom. The summed E-state index contributed by atoms with van der Waals surface area (Å²) in [5.74, 6) is 0.883. The number of carbonyl (C=O) groups excluding carboxylic acids is 2. The van der Waals surface area contributed by atoms with Gasteiger partial charge in [-0.3, -0.25) is 19.6 Å². The minimum Gasteiger partial charge on any atom is -0.379 e. The molecule has 1 saturated heterocycles. The van der Waals surface area contributed by atoms with E-state index in [4.69, 9.17) is 4.74 Å². The normalized spacial score (nSPS) is 19.8. The molecular formula is C28H35N5O3. The van der Waals surface area contributed by atoms with Gasteiger partial charge in [-0.2, -0.15) is 5.10 Å². The number of H-pyrrole nitrogens is 1.